The molecule has 5 heteroatoms. The Kier molecular flexibility index (Phi) is 60.6. The van der Waals surface area contributed by atoms with Crippen LogP contribution in [-0.2, 0) is 25.7 Å². The molecule has 0 aliphatic heterocycles. The first kappa shape index (κ1) is 16.3. The first-order valence-electron chi connectivity index (χ1n) is 0.408. The zero-order chi connectivity index (χ0) is 2.71. The van der Waals surface area contributed by atoms with E-state index in [4.69, 9.17) is 6.65 Å². The van der Waals surface area contributed by atoms with E-state index in [2.05, 4.69) is 0 Å². The van der Waals surface area contributed by atoms with Crippen molar-refractivity contribution in [2.75, 3.05) is 0 Å². The topological polar surface area (TPSA) is 34.1 Å². The van der Waals surface area contributed by atoms with E-state index >= 15 is 0 Å². The molecule has 1 unspecified atom stereocenters. The Labute approximate surface area is 53.0 Å². The van der Waals surface area contributed by atoms with E-state index in [0.717, 1.165) is 0 Å². The molecule has 0 bridgehead atoms. The van der Waals surface area contributed by atoms with Crippen molar-refractivity contribution in [3.63, 3.8) is 0 Å². The van der Waals surface area contributed by atoms with Crippen LogP contribution in [0.4, 0.5) is 0 Å². The average molecular weight is 144 g/mol. The molecule has 0 fully saturated rings. The van der Waals surface area contributed by atoms with Crippen LogP contribution in [-0.4, -0.2) is 17.4 Å². The summed E-state index contributed by atoms with van der Waals surface area (Å²) in [5, 5.41) is 0. The molecule has 0 heterocycles. The maximum absolute atomic E-state index is 8.50. The van der Waals surface area contributed by atoms with Gasteiger partial charge in [0.25, 0.3) is 0 Å². The summed E-state index contributed by atoms with van der Waals surface area (Å²) in [5.74, 6) is 0. The summed E-state index contributed by atoms with van der Waals surface area (Å²) < 4.78 is 17.0. The van der Waals surface area contributed by atoms with Gasteiger partial charge in [-0.05, 0) is 0 Å². The molecule has 0 aromatic rings. The van der Waals surface area contributed by atoms with Crippen molar-refractivity contribution in [1.82, 2.24) is 0 Å². The van der Waals surface area contributed by atoms with Gasteiger partial charge in [-0.3, -0.25) is 0 Å². The molecule has 0 aromatic carbocycles. The molecule has 0 saturated carbocycles. The summed E-state index contributed by atoms with van der Waals surface area (Å²) in [6, 6.07) is 0. The molecule has 0 N–H and O–H groups in total. The Hall–Kier alpha value is 1.28. The van der Waals surface area contributed by atoms with Gasteiger partial charge in [0.2, 0.25) is 0 Å². The van der Waals surface area contributed by atoms with Gasteiger partial charge in [-0.2, -0.15) is 9.90 Å². The molecular formula is H6AlO2PTi. The molecule has 0 aliphatic rings. The second-order valence-corrected chi connectivity index (χ2v) is 0.344. The molecule has 30 valence electrons. The van der Waals surface area contributed by atoms with Crippen molar-refractivity contribution in [2.45, 2.75) is 0 Å². The Bertz CT molecular complexity index is 30.6. The van der Waals surface area contributed by atoms with E-state index in [0.29, 0.717) is 0 Å². The van der Waals surface area contributed by atoms with Crippen LogP contribution >= 0.6 is 9.90 Å². The van der Waals surface area contributed by atoms with Gasteiger partial charge in [0, 0.05) is 0 Å². The normalized spacial score (nSPS) is 1.60. The molecule has 0 rings (SSSR count). The van der Waals surface area contributed by atoms with Crippen LogP contribution < -0.4 is 0 Å². The Balaban J connectivity index is -0.0000000200. The van der Waals surface area contributed by atoms with Crippen molar-refractivity contribution in [3.05, 3.63) is 0 Å². The van der Waals surface area contributed by atoms with E-state index in [1.807, 2.05) is 0 Å². The fraction of sp³-hybridized carbons (Fsp3) is 0. The van der Waals surface area contributed by atoms with Gasteiger partial charge in [0.15, 0.2) is 17.4 Å². The second kappa shape index (κ2) is 18.6. The average Bonchev–Trinajstić information content (AvgIpc) is 0.918. The van der Waals surface area contributed by atoms with E-state index in [1.54, 1.807) is 0 Å². The SMILES string of the molecule is P.[AlH3].[O]=[Ti]=[O]. The zero-order valence-corrected chi connectivity index (χ0v) is 5.00. The van der Waals surface area contributed by atoms with Gasteiger partial charge < -0.3 is 0 Å². The summed E-state index contributed by atoms with van der Waals surface area (Å²) in [4.78, 5) is 0. The zero-order valence-electron chi connectivity index (χ0n) is 2.02. The van der Waals surface area contributed by atoms with Crippen molar-refractivity contribution >= 4 is 27.3 Å². The third kappa shape index (κ3) is 34.8. The summed E-state index contributed by atoms with van der Waals surface area (Å²) in [6.07, 6.45) is 0. The molecule has 0 radical (unpaired) electrons. The first-order chi connectivity index (χ1) is 1.41. The second-order valence-electron chi connectivity index (χ2n) is 0.0833. The van der Waals surface area contributed by atoms with E-state index in [9.17, 15) is 0 Å². The molecule has 2 nitrogen and oxygen atoms in total. The molecule has 5 heavy (non-hydrogen) atoms. The maximum atomic E-state index is 8.50. The van der Waals surface area contributed by atoms with Crippen molar-refractivity contribution in [2.24, 2.45) is 0 Å². The number of hydrogen-bond donors (Lipinski definition) is 0. The fourth-order valence-corrected chi connectivity index (χ4v) is 0. The summed E-state index contributed by atoms with van der Waals surface area (Å²) >= 11 is -2.00. The Morgan fingerprint density at radius 2 is 1.20 bits per heavy atom. The molecular weight excluding hydrogens is 138 g/mol. The van der Waals surface area contributed by atoms with E-state index in [1.165, 1.54) is 0 Å². The molecule has 0 spiro atoms. The van der Waals surface area contributed by atoms with Crippen molar-refractivity contribution in [3.8, 4) is 0 Å². The monoisotopic (exact) mass is 144 g/mol. The van der Waals surface area contributed by atoms with Gasteiger partial charge >= 0.3 is 25.7 Å². The van der Waals surface area contributed by atoms with Crippen LogP contribution in [0, 0.1) is 0 Å². The van der Waals surface area contributed by atoms with Crippen LogP contribution in [0.3, 0.4) is 0 Å². The van der Waals surface area contributed by atoms with Gasteiger partial charge in [-0.1, -0.05) is 0 Å². The van der Waals surface area contributed by atoms with Gasteiger partial charge in [-0.25, -0.2) is 0 Å². The summed E-state index contributed by atoms with van der Waals surface area (Å²) in [5.41, 5.74) is 0. The fourth-order valence-electron chi connectivity index (χ4n) is 0. The van der Waals surface area contributed by atoms with Gasteiger partial charge in [0.1, 0.15) is 0 Å². The Morgan fingerprint density at radius 1 is 1.20 bits per heavy atom. The van der Waals surface area contributed by atoms with Gasteiger partial charge in [-0.15, -0.1) is 0 Å². The minimum absolute atomic E-state index is 0. The van der Waals surface area contributed by atoms with Crippen LogP contribution in [0.5, 0.6) is 0 Å². The number of hydrogen-bond acceptors (Lipinski definition) is 2. The van der Waals surface area contributed by atoms with Gasteiger partial charge in [0.05, 0.1) is 0 Å². The molecule has 0 saturated heterocycles. The minimum atomic E-state index is -2.00. The summed E-state index contributed by atoms with van der Waals surface area (Å²) in [7, 11) is 0. The third-order valence-electron chi connectivity index (χ3n) is 0. The van der Waals surface area contributed by atoms with Crippen LogP contribution in [0.2, 0.25) is 0 Å². The predicted molar refractivity (Wildman–Crippen MR) is 22.4 cm³/mol. The molecule has 1 atom stereocenters. The van der Waals surface area contributed by atoms with Crippen molar-refractivity contribution in [1.29, 1.82) is 0 Å². The van der Waals surface area contributed by atoms with Crippen LogP contribution in [0.15, 0.2) is 0 Å². The van der Waals surface area contributed by atoms with Crippen molar-refractivity contribution < 1.29 is 25.7 Å². The third-order valence-corrected chi connectivity index (χ3v) is 0. The van der Waals surface area contributed by atoms with E-state index < -0.39 is 19.1 Å². The Morgan fingerprint density at radius 3 is 1.20 bits per heavy atom. The van der Waals surface area contributed by atoms with E-state index in [-0.39, 0.29) is 27.3 Å². The first-order valence-corrected chi connectivity index (χ1v) is 1.68. The summed E-state index contributed by atoms with van der Waals surface area (Å²) in [6.45, 7) is 0. The quantitative estimate of drug-likeness (QED) is 0.310. The molecule has 0 aromatic heterocycles. The van der Waals surface area contributed by atoms with Crippen LogP contribution in [0.25, 0.3) is 0 Å². The standard InChI is InChI=1S/Al.2O.H3P.Ti.3H/h;;;1H3;;;;. The number of rotatable bonds is 0. The predicted octanol–water partition coefficient (Wildman–Crippen LogP) is -1.37. The molecule has 0 aliphatic carbocycles. The van der Waals surface area contributed by atoms with Crippen LogP contribution in [0.1, 0.15) is 0 Å². The molecule has 0 amide bonds.